The minimum absolute atomic E-state index is 0.00772. The van der Waals surface area contributed by atoms with Gasteiger partial charge in [0, 0.05) is 11.3 Å². The third kappa shape index (κ3) is 2.27. The lowest BCUT2D eigenvalue weighted by atomic mass is 9.85. The first-order valence-electron chi connectivity index (χ1n) is 6.75. The Labute approximate surface area is 131 Å². The van der Waals surface area contributed by atoms with Gasteiger partial charge < -0.3 is 5.32 Å². The molecular formula is C17H15BrFNO. The van der Waals surface area contributed by atoms with Crippen LogP contribution in [0.25, 0.3) is 0 Å². The van der Waals surface area contributed by atoms with Gasteiger partial charge >= 0.3 is 0 Å². The number of hydrogen-bond acceptors (Lipinski definition) is 1. The Morgan fingerprint density at radius 3 is 2.62 bits per heavy atom. The molecule has 0 radical (unpaired) electrons. The van der Waals surface area contributed by atoms with Gasteiger partial charge in [-0.3, -0.25) is 4.79 Å². The first-order chi connectivity index (χ1) is 9.91. The predicted octanol–water partition coefficient (Wildman–Crippen LogP) is 4.54. The molecule has 1 unspecified atom stereocenters. The van der Waals surface area contributed by atoms with Gasteiger partial charge in [0.1, 0.15) is 5.82 Å². The van der Waals surface area contributed by atoms with Crippen molar-refractivity contribution >= 4 is 27.5 Å². The molecule has 0 bridgehead atoms. The van der Waals surface area contributed by atoms with Crippen molar-refractivity contribution in [2.24, 2.45) is 0 Å². The maximum absolute atomic E-state index is 13.9. The fourth-order valence-electron chi connectivity index (χ4n) is 2.61. The molecule has 0 saturated carbocycles. The first-order valence-corrected chi connectivity index (χ1v) is 7.67. The van der Waals surface area contributed by atoms with Gasteiger partial charge in [-0.2, -0.15) is 0 Å². The second kappa shape index (κ2) is 4.95. The monoisotopic (exact) mass is 347 g/mol. The van der Waals surface area contributed by atoms with Crippen LogP contribution in [-0.4, -0.2) is 5.91 Å². The zero-order chi connectivity index (χ0) is 15.2. The van der Waals surface area contributed by atoms with Gasteiger partial charge in [0.15, 0.2) is 0 Å². The minimum Gasteiger partial charge on any atom is -0.325 e. The molecule has 0 aliphatic carbocycles. The molecule has 2 nitrogen and oxygen atoms in total. The van der Waals surface area contributed by atoms with E-state index in [1.807, 2.05) is 38.1 Å². The third-order valence-corrected chi connectivity index (χ3v) is 5.03. The Balaban J connectivity index is 2.05. The van der Waals surface area contributed by atoms with E-state index in [1.165, 1.54) is 6.07 Å². The van der Waals surface area contributed by atoms with E-state index >= 15 is 0 Å². The molecule has 1 heterocycles. The van der Waals surface area contributed by atoms with E-state index in [0.717, 1.165) is 16.8 Å². The smallest absolute Gasteiger partial charge is 0.234 e. The number of anilines is 1. The number of alkyl halides is 1. The highest BCUT2D eigenvalue weighted by Gasteiger charge is 2.38. The Morgan fingerprint density at radius 2 is 1.90 bits per heavy atom. The Hall–Kier alpha value is -1.68. The van der Waals surface area contributed by atoms with Crippen LogP contribution in [0.5, 0.6) is 0 Å². The number of amides is 1. The van der Waals surface area contributed by atoms with E-state index < -0.39 is 5.41 Å². The second-order valence-corrected chi connectivity index (χ2v) is 6.68. The third-order valence-electron chi connectivity index (χ3n) is 4.00. The standard InChI is InChI=1S/C17H15BrFNO/c1-17(2)12-9-10(7-8-14(12)20-16(17)21)15(18)11-5-3-4-6-13(11)19/h3-9,15H,1-2H3,(H,20,21). The van der Waals surface area contributed by atoms with Crippen molar-refractivity contribution in [3.05, 3.63) is 65.0 Å². The number of benzene rings is 2. The number of carbonyl (C=O) groups excluding carboxylic acids is 1. The highest BCUT2D eigenvalue weighted by Crippen LogP contribution is 2.41. The van der Waals surface area contributed by atoms with Crippen molar-refractivity contribution in [1.29, 1.82) is 0 Å². The quantitative estimate of drug-likeness (QED) is 0.794. The molecule has 21 heavy (non-hydrogen) atoms. The summed E-state index contributed by atoms with van der Waals surface area (Å²) in [6.45, 7) is 3.79. The Bertz CT molecular complexity index is 726. The van der Waals surface area contributed by atoms with Crippen molar-refractivity contribution in [3.8, 4) is 0 Å². The van der Waals surface area contributed by atoms with E-state index in [-0.39, 0.29) is 16.6 Å². The molecule has 2 aromatic rings. The van der Waals surface area contributed by atoms with E-state index in [1.54, 1.807) is 12.1 Å². The van der Waals surface area contributed by atoms with Crippen LogP contribution in [0.3, 0.4) is 0 Å². The second-order valence-electron chi connectivity index (χ2n) is 5.77. The molecule has 4 heteroatoms. The van der Waals surface area contributed by atoms with Gasteiger partial charge in [-0.15, -0.1) is 0 Å². The molecule has 2 aromatic carbocycles. The molecule has 1 atom stereocenters. The highest BCUT2D eigenvalue weighted by atomic mass is 79.9. The number of halogens is 2. The number of hydrogen-bond donors (Lipinski definition) is 1. The van der Waals surface area contributed by atoms with Crippen LogP contribution in [0.4, 0.5) is 10.1 Å². The van der Waals surface area contributed by atoms with Gasteiger partial charge in [-0.25, -0.2) is 4.39 Å². The van der Waals surface area contributed by atoms with Gasteiger partial charge in [0.25, 0.3) is 0 Å². The van der Waals surface area contributed by atoms with Crippen molar-refractivity contribution in [3.63, 3.8) is 0 Å². The maximum atomic E-state index is 13.9. The Morgan fingerprint density at radius 1 is 1.19 bits per heavy atom. The van der Waals surface area contributed by atoms with Gasteiger partial charge in [0.05, 0.1) is 10.2 Å². The van der Waals surface area contributed by atoms with Crippen LogP contribution in [0, 0.1) is 5.82 Å². The molecule has 0 saturated heterocycles. The number of rotatable bonds is 2. The molecule has 1 N–H and O–H groups in total. The molecule has 1 aliphatic heterocycles. The SMILES string of the molecule is CC1(C)C(=O)Nc2ccc(C(Br)c3ccccc3F)cc21. The van der Waals surface area contributed by atoms with E-state index in [2.05, 4.69) is 21.2 Å². The summed E-state index contributed by atoms with van der Waals surface area (Å²) >= 11 is 3.56. The van der Waals surface area contributed by atoms with Crippen LogP contribution in [0.15, 0.2) is 42.5 Å². The van der Waals surface area contributed by atoms with Gasteiger partial charge in [-0.1, -0.05) is 46.3 Å². The number of carbonyl (C=O) groups is 1. The number of nitrogens with one attached hydrogen (secondary N) is 1. The van der Waals surface area contributed by atoms with Crippen LogP contribution >= 0.6 is 15.9 Å². The first kappa shape index (κ1) is 14.3. The summed E-state index contributed by atoms with van der Waals surface area (Å²) in [6.07, 6.45) is 0. The summed E-state index contributed by atoms with van der Waals surface area (Å²) in [7, 11) is 0. The van der Waals surface area contributed by atoms with E-state index in [9.17, 15) is 9.18 Å². The molecule has 1 aliphatic rings. The average Bonchev–Trinajstić information content (AvgIpc) is 2.69. The average molecular weight is 348 g/mol. The molecule has 0 spiro atoms. The van der Waals surface area contributed by atoms with E-state index in [0.29, 0.717) is 5.56 Å². The van der Waals surface area contributed by atoms with Crippen molar-refractivity contribution in [2.45, 2.75) is 24.1 Å². The van der Waals surface area contributed by atoms with Crippen LogP contribution < -0.4 is 5.32 Å². The lowest BCUT2D eigenvalue weighted by Crippen LogP contribution is -2.26. The molecule has 1 amide bonds. The van der Waals surface area contributed by atoms with Crippen LogP contribution in [0.2, 0.25) is 0 Å². The molecular weight excluding hydrogens is 333 g/mol. The van der Waals surface area contributed by atoms with Crippen molar-refractivity contribution in [1.82, 2.24) is 0 Å². The summed E-state index contributed by atoms with van der Waals surface area (Å²) in [5.41, 5.74) is 2.75. The Kier molecular flexibility index (Phi) is 3.36. The summed E-state index contributed by atoms with van der Waals surface area (Å²) < 4.78 is 13.9. The highest BCUT2D eigenvalue weighted by molar-refractivity contribution is 9.09. The van der Waals surface area contributed by atoms with Crippen molar-refractivity contribution < 1.29 is 9.18 Å². The normalized spacial score (nSPS) is 17.2. The minimum atomic E-state index is -0.562. The largest absolute Gasteiger partial charge is 0.325 e. The fraction of sp³-hybridized carbons (Fsp3) is 0.235. The number of fused-ring (bicyclic) bond motifs is 1. The van der Waals surface area contributed by atoms with Gasteiger partial charge in [0.2, 0.25) is 5.91 Å². The lowest BCUT2D eigenvalue weighted by molar-refractivity contribution is -0.119. The van der Waals surface area contributed by atoms with E-state index in [4.69, 9.17) is 0 Å². The summed E-state index contributed by atoms with van der Waals surface area (Å²) in [5.74, 6) is -0.250. The zero-order valence-electron chi connectivity index (χ0n) is 11.8. The summed E-state index contributed by atoms with van der Waals surface area (Å²) in [4.78, 5) is 11.7. The molecule has 0 aromatic heterocycles. The predicted molar refractivity (Wildman–Crippen MR) is 85.3 cm³/mol. The van der Waals surface area contributed by atoms with Crippen LogP contribution in [-0.2, 0) is 10.2 Å². The van der Waals surface area contributed by atoms with Gasteiger partial charge in [-0.05, 0) is 37.1 Å². The topological polar surface area (TPSA) is 29.1 Å². The molecule has 0 fully saturated rings. The van der Waals surface area contributed by atoms with Crippen molar-refractivity contribution in [2.75, 3.05) is 5.32 Å². The summed E-state index contributed by atoms with van der Waals surface area (Å²) in [5, 5.41) is 2.88. The van der Waals surface area contributed by atoms with Crippen LogP contribution in [0.1, 0.15) is 35.4 Å². The molecule has 3 rings (SSSR count). The lowest BCUT2D eigenvalue weighted by Gasteiger charge is -2.18. The summed E-state index contributed by atoms with van der Waals surface area (Å²) in [6, 6.07) is 12.5. The fourth-order valence-corrected chi connectivity index (χ4v) is 3.26. The zero-order valence-corrected chi connectivity index (χ0v) is 13.4. The maximum Gasteiger partial charge on any atom is 0.234 e. The molecule has 108 valence electrons.